The maximum absolute atomic E-state index is 14.2. The number of carbonyl (C=O) groups is 4. The Kier molecular flexibility index (Phi) is 12.8. The smallest absolute Gasteiger partial charge is 0.408 e. The predicted octanol–water partition coefficient (Wildman–Crippen LogP) is 5.57. The first-order valence-corrected chi connectivity index (χ1v) is 14.9. The number of esters is 1. The number of aryl methyl sites for hydroxylation is 2. The summed E-state index contributed by atoms with van der Waals surface area (Å²) < 4.78 is 11.0. The third-order valence-corrected chi connectivity index (χ3v) is 6.27. The normalized spacial score (nSPS) is 13.0. The fourth-order valence-electron chi connectivity index (χ4n) is 4.60. The second-order valence-electron chi connectivity index (χ2n) is 12.9. The Bertz CT molecular complexity index is 1230. The van der Waals surface area contributed by atoms with Crippen molar-refractivity contribution in [1.29, 1.82) is 0 Å². The van der Waals surface area contributed by atoms with Gasteiger partial charge < -0.3 is 25.0 Å². The molecule has 0 spiro atoms. The number of benzene rings is 2. The Morgan fingerprint density at radius 1 is 0.860 bits per heavy atom. The van der Waals surface area contributed by atoms with E-state index >= 15 is 0 Å². The number of unbranched alkanes of at least 4 members (excludes halogenated alkanes) is 1. The van der Waals surface area contributed by atoms with Gasteiger partial charge in [-0.25, -0.2) is 9.59 Å². The van der Waals surface area contributed by atoms with Crippen molar-refractivity contribution < 1.29 is 28.7 Å². The van der Waals surface area contributed by atoms with Gasteiger partial charge in [0, 0.05) is 13.0 Å². The zero-order chi connectivity index (χ0) is 32.4. The van der Waals surface area contributed by atoms with Crippen LogP contribution in [0.1, 0.15) is 89.6 Å². The summed E-state index contributed by atoms with van der Waals surface area (Å²) in [7, 11) is 0. The first kappa shape index (κ1) is 35.3. The molecule has 0 aromatic heterocycles. The third kappa shape index (κ3) is 12.5. The molecular weight excluding hydrogens is 546 g/mol. The van der Waals surface area contributed by atoms with Gasteiger partial charge in [0.2, 0.25) is 11.8 Å². The summed E-state index contributed by atoms with van der Waals surface area (Å²) in [5.41, 5.74) is 1.82. The highest BCUT2D eigenvalue weighted by Crippen LogP contribution is 2.25. The number of carbonyl (C=O) groups excluding carboxylic acids is 4. The molecule has 0 fully saturated rings. The van der Waals surface area contributed by atoms with E-state index in [1.165, 1.54) is 4.90 Å². The minimum atomic E-state index is -1.06. The average Bonchev–Trinajstić information content (AvgIpc) is 2.87. The van der Waals surface area contributed by atoms with Gasteiger partial charge in [0.1, 0.15) is 29.8 Å². The summed E-state index contributed by atoms with van der Waals surface area (Å²) in [4.78, 5) is 55.1. The third-order valence-electron chi connectivity index (χ3n) is 6.27. The van der Waals surface area contributed by atoms with E-state index in [2.05, 4.69) is 10.6 Å². The van der Waals surface area contributed by atoms with E-state index in [0.717, 1.165) is 23.1 Å². The van der Waals surface area contributed by atoms with Crippen LogP contribution in [-0.2, 0) is 30.3 Å². The van der Waals surface area contributed by atoms with Crippen molar-refractivity contribution in [3.05, 3.63) is 70.8 Å². The van der Waals surface area contributed by atoms with Crippen LogP contribution in [0.15, 0.2) is 48.5 Å². The van der Waals surface area contributed by atoms with Gasteiger partial charge in [-0.2, -0.15) is 0 Å². The number of nitrogens with one attached hydrogen (secondary N) is 2. The number of ether oxygens (including phenoxy) is 2. The van der Waals surface area contributed by atoms with Crippen LogP contribution in [0.4, 0.5) is 4.79 Å². The highest BCUT2D eigenvalue weighted by molar-refractivity contribution is 5.93. The number of alkyl carbamates (subject to hydrolysis) is 1. The number of hydrogen-bond acceptors (Lipinski definition) is 6. The maximum Gasteiger partial charge on any atom is 0.408 e. The molecule has 0 saturated carbocycles. The van der Waals surface area contributed by atoms with Gasteiger partial charge in [0.25, 0.3) is 0 Å². The Labute approximate surface area is 256 Å². The molecule has 0 bridgehead atoms. The van der Waals surface area contributed by atoms with Crippen LogP contribution in [0, 0.1) is 13.8 Å². The summed E-state index contributed by atoms with van der Waals surface area (Å²) in [5, 5.41) is 5.44. The van der Waals surface area contributed by atoms with E-state index in [9.17, 15) is 19.2 Å². The quantitative estimate of drug-likeness (QED) is 0.310. The zero-order valence-corrected chi connectivity index (χ0v) is 27.2. The summed E-state index contributed by atoms with van der Waals surface area (Å²) in [6, 6.07) is 13.0. The molecule has 0 aliphatic heterocycles. The van der Waals surface area contributed by atoms with Crippen LogP contribution in [0.5, 0.6) is 0 Å². The van der Waals surface area contributed by atoms with Gasteiger partial charge in [-0.05, 0) is 72.9 Å². The second-order valence-corrected chi connectivity index (χ2v) is 12.9. The van der Waals surface area contributed by atoms with Gasteiger partial charge in [0.05, 0.1) is 0 Å². The number of hydrogen-bond donors (Lipinski definition) is 2. The van der Waals surface area contributed by atoms with Crippen molar-refractivity contribution in [2.24, 2.45) is 0 Å². The molecule has 0 radical (unpaired) electrons. The summed E-state index contributed by atoms with van der Waals surface area (Å²) in [5.74, 6) is -1.53. The Balaban J connectivity index is 2.50. The molecule has 2 atom stereocenters. The van der Waals surface area contributed by atoms with E-state index in [-0.39, 0.29) is 19.5 Å². The lowest BCUT2D eigenvalue weighted by Gasteiger charge is -2.33. The minimum absolute atomic E-state index is 0.212. The SMILES string of the molecule is CCCCN(C(=O)CNC(=O)OC(C)(C)C)C(C(=O)NC(Cc1ccccc1)C(=O)OC(C)(C)C)c1cc(C)cc(C)c1. The second kappa shape index (κ2) is 15.5. The van der Waals surface area contributed by atoms with Gasteiger partial charge in [-0.1, -0.05) is 73.0 Å². The fourth-order valence-corrected chi connectivity index (χ4v) is 4.60. The first-order valence-electron chi connectivity index (χ1n) is 14.9. The van der Waals surface area contributed by atoms with Crippen LogP contribution in [0.3, 0.4) is 0 Å². The predicted molar refractivity (Wildman–Crippen MR) is 167 cm³/mol. The van der Waals surface area contributed by atoms with Gasteiger partial charge in [-0.3, -0.25) is 9.59 Å². The number of amides is 3. The molecule has 2 unspecified atom stereocenters. The summed E-state index contributed by atoms with van der Waals surface area (Å²) in [6.45, 7) is 16.3. The Morgan fingerprint density at radius 3 is 1.98 bits per heavy atom. The largest absolute Gasteiger partial charge is 0.458 e. The first-order chi connectivity index (χ1) is 20.0. The Morgan fingerprint density at radius 2 is 1.44 bits per heavy atom. The van der Waals surface area contributed by atoms with E-state index in [1.54, 1.807) is 41.5 Å². The molecule has 2 aromatic rings. The van der Waals surface area contributed by atoms with E-state index in [0.29, 0.717) is 12.0 Å². The lowest BCUT2D eigenvalue weighted by Crippen LogP contribution is -2.52. The van der Waals surface area contributed by atoms with Crippen molar-refractivity contribution in [2.45, 2.75) is 105 Å². The van der Waals surface area contributed by atoms with Gasteiger partial charge in [0.15, 0.2) is 0 Å². The van der Waals surface area contributed by atoms with Crippen molar-refractivity contribution in [1.82, 2.24) is 15.5 Å². The van der Waals surface area contributed by atoms with Crippen molar-refractivity contribution in [2.75, 3.05) is 13.1 Å². The molecule has 2 aromatic carbocycles. The molecule has 236 valence electrons. The van der Waals surface area contributed by atoms with Crippen LogP contribution in [0.2, 0.25) is 0 Å². The topological polar surface area (TPSA) is 114 Å². The van der Waals surface area contributed by atoms with Gasteiger partial charge >= 0.3 is 12.1 Å². The molecule has 9 nitrogen and oxygen atoms in total. The van der Waals surface area contributed by atoms with Gasteiger partial charge in [-0.15, -0.1) is 0 Å². The van der Waals surface area contributed by atoms with E-state index in [1.807, 2.05) is 69.3 Å². The maximum atomic E-state index is 14.2. The molecule has 0 aliphatic rings. The molecular formula is C34H49N3O6. The van der Waals surface area contributed by atoms with E-state index < -0.39 is 47.2 Å². The fraction of sp³-hybridized carbons (Fsp3) is 0.529. The number of nitrogens with zero attached hydrogens (tertiary/aromatic N) is 1. The minimum Gasteiger partial charge on any atom is -0.458 e. The van der Waals surface area contributed by atoms with Crippen LogP contribution in [0.25, 0.3) is 0 Å². The zero-order valence-electron chi connectivity index (χ0n) is 27.2. The molecule has 43 heavy (non-hydrogen) atoms. The molecule has 2 rings (SSSR count). The van der Waals surface area contributed by atoms with Crippen molar-refractivity contribution >= 4 is 23.9 Å². The van der Waals surface area contributed by atoms with Crippen LogP contribution < -0.4 is 10.6 Å². The van der Waals surface area contributed by atoms with Crippen molar-refractivity contribution in [3.8, 4) is 0 Å². The molecule has 3 amide bonds. The molecule has 0 heterocycles. The molecule has 2 N–H and O–H groups in total. The standard InChI is InChI=1S/C34H49N3O6/c1-10-11-17-37(28(38)22-35-32(41)43-34(7,8)9)29(26-19-23(2)18-24(3)20-26)30(39)36-27(31(40)42-33(4,5)6)21-25-15-13-12-14-16-25/h12-16,18-20,27,29H,10-11,17,21-22H2,1-9H3,(H,35,41)(H,36,39). The molecule has 9 heteroatoms. The molecule has 0 aliphatic carbocycles. The van der Waals surface area contributed by atoms with Crippen molar-refractivity contribution in [3.63, 3.8) is 0 Å². The number of rotatable bonds is 12. The monoisotopic (exact) mass is 595 g/mol. The van der Waals surface area contributed by atoms with Crippen LogP contribution in [-0.4, -0.2) is 59.1 Å². The highest BCUT2D eigenvalue weighted by atomic mass is 16.6. The summed E-state index contributed by atoms with van der Waals surface area (Å²) in [6.07, 6.45) is 0.895. The highest BCUT2D eigenvalue weighted by Gasteiger charge is 2.35. The average molecular weight is 596 g/mol. The van der Waals surface area contributed by atoms with Crippen LogP contribution >= 0.6 is 0 Å². The Hall–Kier alpha value is -3.88. The lowest BCUT2D eigenvalue weighted by molar-refractivity contribution is -0.159. The summed E-state index contributed by atoms with van der Waals surface area (Å²) >= 11 is 0. The molecule has 0 saturated heterocycles. The van der Waals surface area contributed by atoms with E-state index in [4.69, 9.17) is 9.47 Å². The lowest BCUT2D eigenvalue weighted by atomic mass is 9.97.